The van der Waals surface area contributed by atoms with E-state index >= 15 is 0 Å². The molecule has 2 rings (SSSR count). The van der Waals surface area contributed by atoms with Gasteiger partial charge in [0.25, 0.3) is 0 Å². The smallest absolute Gasteiger partial charge is 0.0696 e. The molecule has 2 aromatic heterocycles. The highest BCUT2D eigenvalue weighted by atomic mass is 15.2. The first kappa shape index (κ1) is 11.2. The van der Waals surface area contributed by atoms with Crippen molar-refractivity contribution in [3.8, 4) is 0 Å². The Hall–Kier alpha value is -1.31. The summed E-state index contributed by atoms with van der Waals surface area (Å²) in [6.07, 6.45) is 8.96. The number of hydrogen-bond acceptors (Lipinski definition) is 1. The topological polar surface area (TPSA) is 17.3 Å². The Labute approximate surface area is 97.3 Å². The van der Waals surface area contributed by atoms with Gasteiger partial charge in [0.2, 0.25) is 0 Å². The van der Waals surface area contributed by atoms with E-state index in [9.17, 15) is 0 Å². The summed E-state index contributed by atoms with van der Waals surface area (Å²) in [6.45, 7) is 4.53. The highest BCUT2D eigenvalue weighted by Gasteiger charge is 2.13. The Morgan fingerprint density at radius 2 is 1.94 bits per heavy atom. The zero-order valence-corrected chi connectivity index (χ0v) is 10.2. The third kappa shape index (κ3) is 2.11. The van der Waals surface area contributed by atoms with Crippen LogP contribution >= 0.6 is 0 Å². The molecule has 0 spiro atoms. The van der Waals surface area contributed by atoms with Crippen molar-refractivity contribution >= 4 is 5.52 Å². The second-order valence-corrected chi connectivity index (χ2v) is 4.40. The van der Waals surface area contributed by atoms with E-state index in [0.29, 0.717) is 5.92 Å². The van der Waals surface area contributed by atoms with Crippen LogP contribution in [0.4, 0.5) is 0 Å². The first-order chi connectivity index (χ1) is 7.86. The van der Waals surface area contributed by atoms with E-state index in [4.69, 9.17) is 0 Å². The summed E-state index contributed by atoms with van der Waals surface area (Å²) in [5.41, 5.74) is 2.73. The SMILES string of the molecule is CCCC(CCC)c1cccn2nccc12. The lowest BCUT2D eigenvalue weighted by molar-refractivity contribution is 0.562. The Kier molecular flexibility index (Phi) is 3.60. The molecule has 0 aliphatic heterocycles. The third-order valence-corrected chi connectivity index (χ3v) is 3.18. The molecule has 0 unspecified atom stereocenters. The molecule has 2 aromatic rings. The summed E-state index contributed by atoms with van der Waals surface area (Å²) in [4.78, 5) is 0. The lowest BCUT2D eigenvalue weighted by Gasteiger charge is -2.16. The van der Waals surface area contributed by atoms with Gasteiger partial charge in [-0.1, -0.05) is 32.8 Å². The van der Waals surface area contributed by atoms with E-state index in [1.165, 1.54) is 36.8 Å². The standard InChI is InChI=1S/C14H20N2/c1-3-6-12(7-4-2)13-8-5-11-16-14(13)9-10-15-16/h5,8-12H,3-4,6-7H2,1-2H3. The predicted molar refractivity (Wildman–Crippen MR) is 67.7 cm³/mol. The van der Waals surface area contributed by atoms with Crippen LogP contribution in [0.15, 0.2) is 30.6 Å². The summed E-state index contributed by atoms with van der Waals surface area (Å²) < 4.78 is 1.98. The van der Waals surface area contributed by atoms with Crippen LogP contribution in [0.5, 0.6) is 0 Å². The average molecular weight is 216 g/mol. The van der Waals surface area contributed by atoms with Gasteiger partial charge in [-0.3, -0.25) is 0 Å². The van der Waals surface area contributed by atoms with Crippen LogP contribution in [-0.4, -0.2) is 9.61 Å². The molecule has 0 saturated carbocycles. The summed E-state index contributed by atoms with van der Waals surface area (Å²) >= 11 is 0. The molecule has 0 N–H and O–H groups in total. The third-order valence-electron chi connectivity index (χ3n) is 3.18. The largest absolute Gasteiger partial charge is 0.241 e. The van der Waals surface area contributed by atoms with Crippen molar-refractivity contribution in [2.45, 2.75) is 45.4 Å². The van der Waals surface area contributed by atoms with Gasteiger partial charge >= 0.3 is 0 Å². The minimum Gasteiger partial charge on any atom is -0.241 e. The van der Waals surface area contributed by atoms with Crippen molar-refractivity contribution in [2.24, 2.45) is 0 Å². The summed E-state index contributed by atoms with van der Waals surface area (Å²) in [7, 11) is 0. The fraction of sp³-hybridized carbons (Fsp3) is 0.500. The first-order valence-electron chi connectivity index (χ1n) is 6.29. The van der Waals surface area contributed by atoms with Crippen LogP contribution in [-0.2, 0) is 0 Å². The predicted octanol–water partition coefficient (Wildman–Crippen LogP) is 4.02. The summed E-state index contributed by atoms with van der Waals surface area (Å²) in [5, 5.41) is 4.30. The number of fused-ring (bicyclic) bond motifs is 1. The van der Waals surface area contributed by atoms with Gasteiger partial charge in [-0.05, 0) is 36.5 Å². The molecule has 16 heavy (non-hydrogen) atoms. The molecular formula is C14H20N2. The van der Waals surface area contributed by atoms with Crippen LogP contribution in [0, 0.1) is 0 Å². The van der Waals surface area contributed by atoms with Gasteiger partial charge in [0.1, 0.15) is 0 Å². The summed E-state index contributed by atoms with van der Waals surface area (Å²) in [6, 6.07) is 6.48. The van der Waals surface area contributed by atoms with Crippen molar-refractivity contribution in [1.29, 1.82) is 0 Å². The monoisotopic (exact) mass is 216 g/mol. The van der Waals surface area contributed by atoms with Crippen LogP contribution < -0.4 is 0 Å². The van der Waals surface area contributed by atoms with Gasteiger partial charge in [0, 0.05) is 12.4 Å². The van der Waals surface area contributed by atoms with Gasteiger partial charge in [-0.15, -0.1) is 0 Å². The van der Waals surface area contributed by atoms with Crippen molar-refractivity contribution in [1.82, 2.24) is 9.61 Å². The molecule has 2 heterocycles. The number of hydrogen-bond donors (Lipinski definition) is 0. The van der Waals surface area contributed by atoms with Gasteiger partial charge in [0.15, 0.2) is 0 Å². The lowest BCUT2D eigenvalue weighted by Crippen LogP contribution is -2.01. The van der Waals surface area contributed by atoms with Crippen molar-refractivity contribution in [2.75, 3.05) is 0 Å². The second-order valence-electron chi connectivity index (χ2n) is 4.40. The number of nitrogens with zero attached hydrogens (tertiary/aromatic N) is 2. The Bertz CT molecular complexity index is 439. The van der Waals surface area contributed by atoms with Gasteiger partial charge < -0.3 is 0 Å². The Morgan fingerprint density at radius 3 is 2.62 bits per heavy atom. The fourth-order valence-corrected chi connectivity index (χ4v) is 2.47. The van der Waals surface area contributed by atoms with Crippen LogP contribution in [0.3, 0.4) is 0 Å². The molecule has 0 atom stereocenters. The highest BCUT2D eigenvalue weighted by molar-refractivity contribution is 5.55. The normalized spacial score (nSPS) is 11.4. The van der Waals surface area contributed by atoms with Gasteiger partial charge in [-0.2, -0.15) is 5.10 Å². The van der Waals surface area contributed by atoms with Crippen molar-refractivity contribution in [3.05, 3.63) is 36.2 Å². The molecular weight excluding hydrogens is 196 g/mol. The van der Waals surface area contributed by atoms with Crippen LogP contribution in [0.1, 0.15) is 51.0 Å². The maximum Gasteiger partial charge on any atom is 0.0696 e. The molecule has 0 fully saturated rings. The zero-order chi connectivity index (χ0) is 11.4. The molecule has 2 heteroatoms. The number of aromatic nitrogens is 2. The molecule has 0 bridgehead atoms. The zero-order valence-electron chi connectivity index (χ0n) is 10.2. The Morgan fingerprint density at radius 1 is 1.19 bits per heavy atom. The van der Waals surface area contributed by atoms with Crippen LogP contribution in [0.2, 0.25) is 0 Å². The lowest BCUT2D eigenvalue weighted by atomic mass is 9.90. The first-order valence-corrected chi connectivity index (χ1v) is 6.29. The number of rotatable bonds is 5. The van der Waals surface area contributed by atoms with Gasteiger partial charge in [0.05, 0.1) is 5.52 Å². The molecule has 0 saturated heterocycles. The van der Waals surface area contributed by atoms with E-state index in [1.54, 1.807) is 0 Å². The molecule has 2 nitrogen and oxygen atoms in total. The molecule has 0 aromatic carbocycles. The Balaban J connectivity index is 2.38. The highest BCUT2D eigenvalue weighted by Crippen LogP contribution is 2.29. The minimum atomic E-state index is 0.690. The van der Waals surface area contributed by atoms with E-state index in [-0.39, 0.29) is 0 Å². The van der Waals surface area contributed by atoms with E-state index < -0.39 is 0 Å². The molecule has 0 aliphatic carbocycles. The molecule has 0 amide bonds. The van der Waals surface area contributed by atoms with E-state index in [0.717, 1.165) is 0 Å². The minimum absolute atomic E-state index is 0.690. The van der Waals surface area contributed by atoms with Crippen molar-refractivity contribution < 1.29 is 0 Å². The quantitative estimate of drug-likeness (QED) is 0.738. The molecule has 0 aliphatic rings. The molecule has 0 radical (unpaired) electrons. The van der Waals surface area contributed by atoms with E-state index in [1.807, 2.05) is 16.9 Å². The molecule has 86 valence electrons. The number of pyridine rings is 1. The maximum absolute atomic E-state index is 4.30. The van der Waals surface area contributed by atoms with Crippen LogP contribution in [0.25, 0.3) is 5.52 Å². The van der Waals surface area contributed by atoms with Crippen molar-refractivity contribution in [3.63, 3.8) is 0 Å². The average Bonchev–Trinajstić information content (AvgIpc) is 2.76. The second kappa shape index (κ2) is 5.15. The fourth-order valence-electron chi connectivity index (χ4n) is 2.47. The maximum atomic E-state index is 4.30. The van der Waals surface area contributed by atoms with E-state index in [2.05, 4.69) is 37.1 Å². The summed E-state index contributed by atoms with van der Waals surface area (Å²) in [5.74, 6) is 0.690. The van der Waals surface area contributed by atoms with Gasteiger partial charge in [-0.25, -0.2) is 4.52 Å².